The average molecular weight is 288 g/mol. The first-order valence-electron chi connectivity index (χ1n) is 8.07. The number of hydrogen-bond donors (Lipinski definition) is 1. The SMILES string of the molecule is C=CCCOCCN1CCCNC(Cc2ccccc2)C1. The summed E-state index contributed by atoms with van der Waals surface area (Å²) in [4.78, 5) is 2.53. The third-order valence-corrected chi connectivity index (χ3v) is 3.91. The van der Waals surface area contributed by atoms with Gasteiger partial charge in [0.15, 0.2) is 0 Å². The van der Waals surface area contributed by atoms with E-state index in [4.69, 9.17) is 4.74 Å². The van der Waals surface area contributed by atoms with Crippen LogP contribution < -0.4 is 5.32 Å². The van der Waals surface area contributed by atoms with E-state index in [1.54, 1.807) is 0 Å². The number of ether oxygens (including phenoxy) is 1. The van der Waals surface area contributed by atoms with Crippen LogP contribution in [0.4, 0.5) is 0 Å². The molecular formula is C18H28N2O. The molecule has 1 aliphatic heterocycles. The molecule has 1 heterocycles. The minimum atomic E-state index is 0.545. The molecular weight excluding hydrogens is 260 g/mol. The van der Waals surface area contributed by atoms with Crippen LogP contribution in [0.15, 0.2) is 43.0 Å². The van der Waals surface area contributed by atoms with E-state index in [2.05, 4.69) is 47.1 Å². The molecule has 0 aliphatic carbocycles. The maximum Gasteiger partial charge on any atom is 0.0593 e. The van der Waals surface area contributed by atoms with Gasteiger partial charge >= 0.3 is 0 Å². The highest BCUT2D eigenvalue weighted by Crippen LogP contribution is 2.08. The van der Waals surface area contributed by atoms with Crippen molar-refractivity contribution < 1.29 is 4.74 Å². The number of nitrogens with zero attached hydrogens (tertiary/aromatic N) is 1. The minimum absolute atomic E-state index is 0.545. The van der Waals surface area contributed by atoms with E-state index in [1.807, 2.05) is 6.08 Å². The summed E-state index contributed by atoms with van der Waals surface area (Å²) in [5, 5.41) is 3.68. The van der Waals surface area contributed by atoms with E-state index in [1.165, 1.54) is 18.5 Å². The molecule has 1 saturated heterocycles. The van der Waals surface area contributed by atoms with Crippen molar-refractivity contribution in [2.75, 3.05) is 39.4 Å². The normalized spacial score (nSPS) is 20.1. The second-order valence-corrected chi connectivity index (χ2v) is 5.68. The zero-order valence-corrected chi connectivity index (χ0v) is 13.0. The lowest BCUT2D eigenvalue weighted by atomic mass is 10.1. The van der Waals surface area contributed by atoms with Gasteiger partial charge in [0.25, 0.3) is 0 Å². The van der Waals surface area contributed by atoms with Crippen molar-refractivity contribution in [3.63, 3.8) is 0 Å². The Morgan fingerprint density at radius 2 is 2.14 bits per heavy atom. The topological polar surface area (TPSA) is 24.5 Å². The van der Waals surface area contributed by atoms with Gasteiger partial charge in [-0.3, -0.25) is 4.90 Å². The van der Waals surface area contributed by atoms with Crippen molar-refractivity contribution in [2.24, 2.45) is 0 Å². The Balaban J connectivity index is 1.74. The largest absolute Gasteiger partial charge is 0.380 e. The molecule has 1 unspecified atom stereocenters. The van der Waals surface area contributed by atoms with Crippen molar-refractivity contribution in [2.45, 2.75) is 25.3 Å². The molecule has 0 saturated carbocycles. The second-order valence-electron chi connectivity index (χ2n) is 5.68. The van der Waals surface area contributed by atoms with E-state index < -0.39 is 0 Å². The van der Waals surface area contributed by atoms with E-state index >= 15 is 0 Å². The van der Waals surface area contributed by atoms with Crippen molar-refractivity contribution in [3.05, 3.63) is 48.6 Å². The number of nitrogens with one attached hydrogen (secondary N) is 1. The molecule has 2 rings (SSSR count). The van der Waals surface area contributed by atoms with Gasteiger partial charge in [0.1, 0.15) is 0 Å². The Bertz CT molecular complexity index is 393. The van der Waals surface area contributed by atoms with Crippen LogP contribution in [0.3, 0.4) is 0 Å². The van der Waals surface area contributed by atoms with Gasteiger partial charge in [-0.05, 0) is 37.9 Å². The molecule has 1 atom stereocenters. The number of benzene rings is 1. The fourth-order valence-corrected chi connectivity index (χ4v) is 2.78. The van der Waals surface area contributed by atoms with Crippen molar-refractivity contribution in [1.29, 1.82) is 0 Å². The van der Waals surface area contributed by atoms with Crippen LogP contribution in [0.5, 0.6) is 0 Å². The standard InChI is InChI=1S/C18H28N2O/c1-2-3-13-21-14-12-20-11-7-10-19-18(16-20)15-17-8-5-4-6-9-17/h2,4-6,8-9,18-19H,1,3,7,10-16H2. The molecule has 0 radical (unpaired) electrons. The summed E-state index contributed by atoms with van der Waals surface area (Å²) in [5.41, 5.74) is 1.42. The van der Waals surface area contributed by atoms with E-state index in [9.17, 15) is 0 Å². The van der Waals surface area contributed by atoms with Gasteiger partial charge < -0.3 is 10.1 Å². The lowest BCUT2D eigenvalue weighted by Gasteiger charge is -2.24. The summed E-state index contributed by atoms with van der Waals surface area (Å²) in [5.74, 6) is 0. The summed E-state index contributed by atoms with van der Waals surface area (Å²) in [6, 6.07) is 11.3. The highest BCUT2D eigenvalue weighted by atomic mass is 16.5. The van der Waals surface area contributed by atoms with Gasteiger partial charge in [0.05, 0.1) is 13.2 Å². The van der Waals surface area contributed by atoms with Crippen LogP contribution in [0, 0.1) is 0 Å². The first-order chi connectivity index (χ1) is 10.4. The summed E-state index contributed by atoms with van der Waals surface area (Å²) in [6.45, 7) is 9.76. The van der Waals surface area contributed by atoms with Gasteiger partial charge in [-0.2, -0.15) is 0 Å². The smallest absolute Gasteiger partial charge is 0.0593 e. The third kappa shape index (κ3) is 6.42. The second kappa shape index (κ2) is 9.72. The fourth-order valence-electron chi connectivity index (χ4n) is 2.78. The predicted octanol–water partition coefficient (Wildman–Crippen LogP) is 2.49. The van der Waals surface area contributed by atoms with Gasteiger partial charge in [-0.25, -0.2) is 0 Å². The number of hydrogen-bond acceptors (Lipinski definition) is 3. The maximum atomic E-state index is 5.64. The highest BCUT2D eigenvalue weighted by Gasteiger charge is 2.17. The molecule has 3 nitrogen and oxygen atoms in total. The molecule has 1 N–H and O–H groups in total. The zero-order chi connectivity index (χ0) is 14.8. The van der Waals surface area contributed by atoms with Crippen molar-refractivity contribution in [1.82, 2.24) is 10.2 Å². The summed E-state index contributed by atoms with van der Waals surface area (Å²) in [6.07, 6.45) is 5.18. The fraction of sp³-hybridized carbons (Fsp3) is 0.556. The van der Waals surface area contributed by atoms with E-state index in [0.29, 0.717) is 6.04 Å². The lowest BCUT2D eigenvalue weighted by Crippen LogP contribution is -2.40. The Morgan fingerprint density at radius 1 is 1.29 bits per heavy atom. The van der Waals surface area contributed by atoms with Gasteiger partial charge in [-0.1, -0.05) is 36.4 Å². The Morgan fingerprint density at radius 3 is 2.95 bits per heavy atom. The Labute approximate surface area is 129 Å². The van der Waals surface area contributed by atoms with Gasteiger partial charge in [0.2, 0.25) is 0 Å². The van der Waals surface area contributed by atoms with Crippen LogP contribution in [-0.2, 0) is 11.2 Å². The van der Waals surface area contributed by atoms with Crippen LogP contribution in [0.25, 0.3) is 0 Å². The first-order valence-corrected chi connectivity index (χ1v) is 8.07. The van der Waals surface area contributed by atoms with Crippen molar-refractivity contribution >= 4 is 0 Å². The number of rotatable bonds is 8. The van der Waals surface area contributed by atoms with Crippen molar-refractivity contribution in [3.8, 4) is 0 Å². The van der Waals surface area contributed by atoms with E-state index in [-0.39, 0.29) is 0 Å². The molecule has 1 fully saturated rings. The molecule has 1 aromatic carbocycles. The van der Waals surface area contributed by atoms with Gasteiger partial charge in [0, 0.05) is 19.1 Å². The van der Waals surface area contributed by atoms with Crippen LogP contribution >= 0.6 is 0 Å². The molecule has 0 amide bonds. The molecule has 116 valence electrons. The average Bonchev–Trinajstić information content (AvgIpc) is 2.73. The molecule has 0 spiro atoms. The van der Waals surface area contributed by atoms with E-state index in [0.717, 1.165) is 45.7 Å². The third-order valence-electron chi connectivity index (χ3n) is 3.91. The molecule has 3 heteroatoms. The highest BCUT2D eigenvalue weighted by molar-refractivity contribution is 5.16. The predicted molar refractivity (Wildman–Crippen MR) is 88.6 cm³/mol. The Hall–Kier alpha value is -1.16. The minimum Gasteiger partial charge on any atom is -0.380 e. The lowest BCUT2D eigenvalue weighted by molar-refractivity contribution is 0.106. The molecule has 0 bridgehead atoms. The zero-order valence-electron chi connectivity index (χ0n) is 13.0. The molecule has 1 aromatic rings. The Kier molecular flexibility index (Phi) is 7.50. The monoisotopic (exact) mass is 288 g/mol. The molecule has 0 aromatic heterocycles. The molecule has 21 heavy (non-hydrogen) atoms. The summed E-state index contributed by atoms with van der Waals surface area (Å²) < 4.78 is 5.64. The van der Waals surface area contributed by atoms with Crippen LogP contribution in [0.1, 0.15) is 18.4 Å². The quantitative estimate of drug-likeness (QED) is 0.587. The molecule has 1 aliphatic rings. The summed E-state index contributed by atoms with van der Waals surface area (Å²) in [7, 11) is 0. The summed E-state index contributed by atoms with van der Waals surface area (Å²) >= 11 is 0. The first kappa shape index (κ1) is 16.2. The van der Waals surface area contributed by atoms with Crippen LogP contribution in [0.2, 0.25) is 0 Å². The van der Waals surface area contributed by atoms with Gasteiger partial charge in [-0.15, -0.1) is 6.58 Å². The van der Waals surface area contributed by atoms with Crippen LogP contribution in [-0.4, -0.2) is 50.3 Å². The maximum absolute atomic E-state index is 5.64.